The molecule has 0 bridgehead atoms. The number of hydrogen-bond donors (Lipinski definition) is 0. The van der Waals surface area contributed by atoms with Crippen molar-refractivity contribution in [1.82, 2.24) is 0 Å². The standard InChI is InChI=1S/C17H23NO/c1-2-3-14-4-6-16(7-5-14)13-19-17-10-8-15(12-18)9-11-17/h8-11,14,16H,2-7,13H2,1H3. The van der Waals surface area contributed by atoms with Crippen LogP contribution in [0.5, 0.6) is 5.75 Å². The van der Waals surface area contributed by atoms with Gasteiger partial charge in [-0.2, -0.15) is 5.26 Å². The molecule has 0 amide bonds. The van der Waals surface area contributed by atoms with E-state index >= 15 is 0 Å². The number of benzene rings is 1. The van der Waals surface area contributed by atoms with Crippen molar-refractivity contribution in [3.05, 3.63) is 29.8 Å². The molecule has 0 spiro atoms. The Morgan fingerprint density at radius 1 is 1.11 bits per heavy atom. The van der Waals surface area contributed by atoms with Crippen molar-refractivity contribution in [2.24, 2.45) is 11.8 Å². The smallest absolute Gasteiger partial charge is 0.119 e. The summed E-state index contributed by atoms with van der Waals surface area (Å²) in [5.41, 5.74) is 0.687. The second kappa shape index (κ2) is 7.19. The fraction of sp³-hybridized carbons (Fsp3) is 0.588. The first-order valence-electron chi connectivity index (χ1n) is 7.44. The topological polar surface area (TPSA) is 33.0 Å². The highest BCUT2D eigenvalue weighted by molar-refractivity contribution is 5.34. The zero-order chi connectivity index (χ0) is 13.5. The van der Waals surface area contributed by atoms with Gasteiger partial charge in [0.15, 0.2) is 0 Å². The van der Waals surface area contributed by atoms with Gasteiger partial charge in [-0.15, -0.1) is 0 Å². The van der Waals surface area contributed by atoms with Gasteiger partial charge in [0.05, 0.1) is 18.2 Å². The van der Waals surface area contributed by atoms with E-state index in [1.165, 1.54) is 38.5 Å². The van der Waals surface area contributed by atoms with E-state index in [1.54, 1.807) is 0 Å². The van der Waals surface area contributed by atoms with Gasteiger partial charge in [-0.25, -0.2) is 0 Å². The normalized spacial score (nSPS) is 22.7. The molecule has 2 rings (SSSR count). The van der Waals surface area contributed by atoms with Crippen LogP contribution in [0.25, 0.3) is 0 Å². The molecule has 2 heteroatoms. The second-order valence-corrected chi connectivity index (χ2v) is 5.62. The minimum Gasteiger partial charge on any atom is -0.493 e. The summed E-state index contributed by atoms with van der Waals surface area (Å²) in [6.45, 7) is 3.10. The fourth-order valence-electron chi connectivity index (χ4n) is 2.93. The first kappa shape index (κ1) is 13.9. The fourth-order valence-corrected chi connectivity index (χ4v) is 2.93. The van der Waals surface area contributed by atoms with E-state index < -0.39 is 0 Å². The zero-order valence-electron chi connectivity index (χ0n) is 11.8. The largest absolute Gasteiger partial charge is 0.493 e. The van der Waals surface area contributed by atoms with Crippen LogP contribution in [0, 0.1) is 23.2 Å². The molecule has 19 heavy (non-hydrogen) atoms. The monoisotopic (exact) mass is 257 g/mol. The first-order chi connectivity index (χ1) is 9.31. The van der Waals surface area contributed by atoms with Crippen molar-refractivity contribution in [2.75, 3.05) is 6.61 Å². The summed E-state index contributed by atoms with van der Waals surface area (Å²) in [5.74, 6) is 2.55. The van der Waals surface area contributed by atoms with Crippen molar-refractivity contribution in [3.8, 4) is 11.8 Å². The molecular weight excluding hydrogens is 234 g/mol. The Labute approximate surface area is 116 Å². The second-order valence-electron chi connectivity index (χ2n) is 5.62. The average molecular weight is 257 g/mol. The molecule has 0 aromatic heterocycles. The van der Waals surface area contributed by atoms with Crippen molar-refractivity contribution in [3.63, 3.8) is 0 Å². The quantitative estimate of drug-likeness (QED) is 0.775. The summed E-state index contributed by atoms with van der Waals surface area (Å²) in [7, 11) is 0. The van der Waals surface area contributed by atoms with Gasteiger partial charge >= 0.3 is 0 Å². The van der Waals surface area contributed by atoms with Crippen LogP contribution in [0.2, 0.25) is 0 Å². The van der Waals surface area contributed by atoms with Crippen LogP contribution in [0.3, 0.4) is 0 Å². The highest BCUT2D eigenvalue weighted by Crippen LogP contribution is 2.31. The Bertz CT molecular complexity index is 410. The third-order valence-corrected chi connectivity index (χ3v) is 4.13. The molecular formula is C17H23NO. The molecule has 0 radical (unpaired) electrons. The van der Waals surface area contributed by atoms with Crippen LogP contribution in [0.15, 0.2) is 24.3 Å². The van der Waals surface area contributed by atoms with Gasteiger partial charge in [-0.3, -0.25) is 0 Å². The SMILES string of the molecule is CCCC1CCC(COc2ccc(C#N)cc2)CC1. The molecule has 1 aliphatic carbocycles. The van der Waals surface area contributed by atoms with Crippen molar-refractivity contribution >= 4 is 0 Å². The number of nitriles is 1. The maximum absolute atomic E-state index is 8.74. The third-order valence-electron chi connectivity index (χ3n) is 4.13. The Morgan fingerprint density at radius 2 is 1.74 bits per heavy atom. The molecule has 1 aromatic carbocycles. The third kappa shape index (κ3) is 4.28. The minimum absolute atomic E-state index is 0.687. The lowest BCUT2D eigenvalue weighted by Crippen LogP contribution is -2.20. The van der Waals surface area contributed by atoms with E-state index in [1.807, 2.05) is 24.3 Å². The van der Waals surface area contributed by atoms with Crippen LogP contribution >= 0.6 is 0 Å². The first-order valence-corrected chi connectivity index (χ1v) is 7.44. The number of hydrogen-bond acceptors (Lipinski definition) is 2. The molecule has 0 N–H and O–H groups in total. The van der Waals surface area contributed by atoms with Crippen LogP contribution < -0.4 is 4.74 Å². The lowest BCUT2D eigenvalue weighted by molar-refractivity contribution is 0.178. The van der Waals surface area contributed by atoms with E-state index in [0.717, 1.165) is 18.3 Å². The van der Waals surface area contributed by atoms with E-state index in [2.05, 4.69) is 13.0 Å². The molecule has 0 saturated heterocycles. The Hall–Kier alpha value is -1.49. The number of rotatable bonds is 5. The van der Waals surface area contributed by atoms with Crippen LogP contribution in [-0.2, 0) is 0 Å². The molecule has 0 atom stereocenters. The molecule has 102 valence electrons. The maximum atomic E-state index is 8.74. The molecule has 1 aliphatic rings. The summed E-state index contributed by atoms with van der Waals surface area (Å²) in [4.78, 5) is 0. The molecule has 0 unspecified atom stereocenters. The molecule has 1 aromatic rings. The van der Waals surface area contributed by atoms with E-state index in [4.69, 9.17) is 10.00 Å². The van der Waals surface area contributed by atoms with Crippen LogP contribution in [-0.4, -0.2) is 6.61 Å². The summed E-state index contributed by atoms with van der Waals surface area (Å²) < 4.78 is 5.83. The number of ether oxygens (including phenoxy) is 1. The summed E-state index contributed by atoms with van der Waals surface area (Å²) in [6.07, 6.45) is 8.06. The van der Waals surface area contributed by atoms with Gasteiger partial charge in [-0.1, -0.05) is 32.6 Å². The number of nitrogens with zero attached hydrogens (tertiary/aromatic N) is 1. The molecule has 2 nitrogen and oxygen atoms in total. The molecule has 0 heterocycles. The summed E-state index contributed by atoms with van der Waals surface area (Å²) >= 11 is 0. The summed E-state index contributed by atoms with van der Waals surface area (Å²) in [5, 5.41) is 8.74. The van der Waals surface area contributed by atoms with Gasteiger partial charge in [0.25, 0.3) is 0 Å². The average Bonchev–Trinajstić information content (AvgIpc) is 2.47. The van der Waals surface area contributed by atoms with Crippen molar-refractivity contribution in [1.29, 1.82) is 5.26 Å². The van der Waals surface area contributed by atoms with Gasteiger partial charge < -0.3 is 4.74 Å². The van der Waals surface area contributed by atoms with Crippen molar-refractivity contribution in [2.45, 2.75) is 45.4 Å². The lowest BCUT2D eigenvalue weighted by Gasteiger charge is -2.28. The van der Waals surface area contributed by atoms with Gasteiger partial charge in [0.1, 0.15) is 5.75 Å². The molecule has 1 fully saturated rings. The highest BCUT2D eigenvalue weighted by Gasteiger charge is 2.20. The lowest BCUT2D eigenvalue weighted by atomic mass is 9.80. The van der Waals surface area contributed by atoms with Crippen LogP contribution in [0.1, 0.15) is 51.0 Å². The predicted molar refractivity (Wildman–Crippen MR) is 77.0 cm³/mol. The van der Waals surface area contributed by atoms with E-state index in [0.29, 0.717) is 11.5 Å². The Balaban J connectivity index is 1.73. The van der Waals surface area contributed by atoms with Crippen molar-refractivity contribution < 1.29 is 4.74 Å². The Kier molecular flexibility index (Phi) is 5.27. The minimum atomic E-state index is 0.687. The maximum Gasteiger partial charge on any atom is 0.119 e. The van der Waals surface area contributed by atoms with Gasteiger partial charge in [0.2, 0.25) is 0 Å². The van der Waals surface area contributed by atoms with Crippen LogP contribution in [0.4, 0.5) is 0 Å². The molecule has 1 saturated carbocycles. The highest BCUT2D eigenvalue weighted by atomic mass is 16.5. The molecule has 0 aliphatic heterocycles. The van der Waals surface area contributed by atoms with Gasteiger partial charge in [-0.05, 0) is 48.9 Å². The Morgan fingerprint density at radius 3 is 2.32 bits per heavy atom. The van der Waals surface area contributed by atoms with Gasteiger partial charge in [0, 0.05) is 0 Å². The van der Waals surface area contributed by atoms with E-state index in [-0.39, 0.29) is 0 Å². The zero-order valence-corrected chi connectivity index (χ0v) is 11.8. The summed E-state index contributed by atoms with van der Waals surface area (Å²) in [6, 6.07) is 9.53. The predicted octanol–water partition coefficient (Wildman–Crippen LogP) is 4.54. The van der Waals surface area contributed by atoms with E-state index in [9.17, 15) is 0 Å².